The molecule has 2 aromatic carbocycles. The van der Waals surface area contributed by atoms with Crippen LogP contribution in [0.5, 0.6) is 0 Å². The number of rotatable bonds is 3. The van der Waals surface area contributed by atoms with Gasteiger partial charge in [-0.05, 0) is 30.2 Å². The highest BCUT2D eigenvalue weighted by Gasteiger charge is 2.08. The lowest BCUT2D eigenvalue weighted by Gasteiger charge is -2.05. The van der Waals surface area contributed by atoms with E-state index in [0.29, 0.717) is 6.42 Å². The number of hydrogen-bond donors (Lipinski definition) is 1. The zero-order valence-corrected chi connectivity index (χ0v) is 9.81. The Hall–Kier alpha value is -2.09. The molecular formula is C15H15NO. The highest BCUT2D eigenvalue weighted by molar-refractivity contribution is 5.98. The van der Waals surface area contributed by atoms with E-state index in [1.54, 1.807) is 0 Å². The summed E-state index contributed by atoms with van der Waals surface area (Å²) in [5.74, 6) is 0.146. The molecule has 0 aliphatic carbocycles. The summed E-state index contributed by atoms with van der Waals surface area (Å²) in [6.45, 7) is 1.95. The molecule has 2 heteroatoms. The maximum Gasteiger partial charge on any atom is 0.167 e. The molecule has 0 aromatic heterocycles. The van der Waals surface area contributed by atoms with E-state index in [1.807, 2.05) is 55.5 Å². The molecule has 17 heavy (non-hydrogen) atoms. The van der Waals surface area contributed by atoms with Crippen molar-refractivity contribution in [1.82, 2.24) is 0 Å². The van der Waals surface area contributed by atoms with Crippen molar-refractivity contribution in [2.24, 2.45) is 0 Å². The van der Waals surface area contributed by atoms with E-state index in [-0.39, 0.29) is 5.78 Å². The lowest BCUT2D eigenvalue weighted by atomic mass is 9.99. The third kappa shape index (κ3) is 2.72. The van der Waals surface area contributed by atoms with Crippen LogP contribution in [0.15, 0.2) is 48.5 Å². The van der Waals surface area contributed by atoms with Gasteiger partial charge in [0.15, 0.2) is 5.78 Å². The largest absolute Gasteiger partial charge is 0.399 e. The molecule has 0 atom stereocenters. The lowest BCUT2D eigenvalue weighted by molar-refractivity contribution is 0.0992. The van der Waals surface area contributed by atoms with E-state index in [9.17, 15) is 4.79 Å². The highest BCUT2D eigenvalue weighted by Crippen LogP contribution is 2.13. The Morgan fingerprint density at radius 2 is 1.71 bits per heavy atom. The fourth-order valence-corrected chi connectivity index (χ4v) is 1.80. The predicted octanol–water partition coefficient (Wildman–Crippen LogP) is 3.00. The molecule has 0 spiro atoms. The van der Waals surface area contributed by atoms with Gasteiger partial charge < -0.3 is 5.73 Å². The second-order valence-corrected chi connectivity index (χ2v) is 4.16. The SMILES string of the molecule is Cc1ccccc1C(=O)Cc1ccc(N)cc1. The third-order valence-electron chi connectivity index (χ3n) is 2.79. The zero-order valence-electron chi connectivity index (χ0n) is 9.81. The van der Waals surface area contributed by atoms with E-state index in [4.69, 9.17) is 5.73 Å². The fourth-order valence-electron chi connectivity index (χ4n) is 1.80. The smallest absolute Gasteiger partial charge is 0.167 e. The van der Waals surface area contributed by atoms with Gasteiger partial charge in [0.1, 0.15) is 0 Å². The van der Waals surface area contributed by atoms with Gasteiger partial charge in [-0.3, -0.25) is 4.79 Å². The Morgan fingerprint density at radius 3 is 2.35 bits per heavy atom. The molecule has 0 saturated carbocycles. The normalized spacial score (nSPS) is 10.2. The summed E-state index contributed by atoms with van der Waals surface area (Å²) in [5.41, 5.74) is 9.14. The molecule has 0 fully saturated rings. The maximum absolute atomic E-state index is 12.1. The van der Waals surface area contributed by atoms with Gasteiger partial charge in [0.2, 0.25) is 0 Å². The van der Waals surface area contributed by atoms with Gasteiger partial charge in [0.25, 0.3) is 0 Å². The molecule has 0 radical (unpaired) electrons. The van der Waals surface area contributed by atoms with Gasteiger partial charge in [-0.25, -0.2) is 0 Å². The first kappa shape index (κ1) is 11.4. The van der Waals surface area contributed by atoms with Crippen molar-refractivity contribution >= 4 is 11.5 Å². The number of carbonyl (C=O) groups is 1. The van der Waals surface area contributed by atoms with Gasteiger partial charge in [0, 0.05) is 17.7 Å². The molecular weight excluding hydrogens is 210 g/mol. The summed E-state index contributed by atoms with van der Waals surface area (Å²) in [7, 11) is 0. The first-order chi connectivity index (χ1) is 8.16. The monoisotopic (exact) mass is 225 g/mol. The number of nitrogens with two attached hydrogens (primary N) is 1. The summed E-state index contributed by atoms with van der Waals surface area (Å²) in [4.78, 5) is 12.1. The minimum Gasteiger partial charge on any atom is -0.399 e. The number of ketones is 1. The van der Waals surface area contributed by atoms with Crippen molar-refractivity contribution < 1.29 is 4.79 Å². The van der Waals surface area contributed by atoms with Crippen molar-refractivity contribution in [3.8, 4) is 0 Å². The standard InChI is InChI=1S/C15H15NO/c1-11-4-2-3-5-14(11)15(17)10-12-6-8-13(16)9-7-12/h2-9H,10,16H2,1H3. The first-order valence-electron chi connectivity index (χ1n) is 5.60. The van der Waals surface area contributed by atoms with Crippen LogP contribution in [0.1, 0.15) is 21.5 Å². The minimum absolute atomic E-state index is 0.146. The number of aryl methyl sites for hydroxylation is 1. The molecule has 0 saturated heterocycles. The predicted molar refractivity (Wildman–Crippen MR) is 70.1 cm³/mol. The van der Waals surface area contributed by atoms with Crippen molar-refractivity contribution in [1.29, 1.82) is 0 Å². The molecule has 2 N–H and O–H groups in total. The molecule has 86 valence electrons. The summed E-state index contributed by atoms with van der Waals surface area (Å²) in [6, 6.07) is 15.1. The minimum atomic E-state index is 0.146. The highest BCUT2D eigenvalue weighted by atomic mass is 16.1. The number of nitrogen functional groups attached to an aromatic ring is 1. The number of hydrogen-bond acceptors (Lipinski definition) is 2. The number of benzene rings is 2. The van der Waals surface area contributed by atoms with E-state index in [2.05, 4.69) is 0 Å². The topological polar surface area (TPSA) is 43.1 Å². The summed E-state index contributed by atoms with van der Waals surface area (Å²) in [6.07, 6.45) is 0.422. The van der Waals surface area contributed by atoms with Crippen molar-refractivity contribution in [2.45, 2.75) is 13.3 Å². The van der Waals surface area contributed by atoms with Crippen molar-refractivity contribution in [3.63, 3.8) is 0 Å². The Labute approximate surface area is 101 Å². The molecule has 0 bridgehead atoms. The number of carbonyl (C=O) groups excluding carboxylic acids is 1. The van der Waals surface area contributed by atoms with E-state index < -0.39 is 0 Å². The Morgan fingerprint density at radius 1 is 1.06 bits per heavy atom. The quantitative estimate of drug-likeness (QED) is 0.644. The van der Waals surface area contributed by atoms with Gasteiger partial charge in [0.05, 0.1) is 0 Å². The molecule has 2 nitrogen and oxygen atoms in total. The van der Waals surface area contributed by atoms with Crippen LogP contribution >= 0.6 is 0 Å². The zero-order chi connectivity index (χ0) is 12.3. The molecule has 0 heterocycles. The first-order valence-corrected chi connectivity index (χ1v) is 5.60. The van der Waals surface area contributed by atoms with Crippen molar-refractivity contribution in [3.05, 3.63) is 65.2 Å². The Kier molecular flexibility index (Phi) is 3.24. The van der Waals surface area contributed by atoms with E-state index in [1.165, 1.54) is 0 Å². The Balaban J connectivity index is 2.17. The van der Waals surface area contributed by atoms with Crippen LogP contribution in [0, 0.1) is 6.92 Å². The lowest BCUT2D eigenvalue weighted by Crippen LogP contribution is -2.05. The second-order valence-electron chi connectivity index (χ2n) is 4.16. The molecule has 2 rings (SSSR count). The van der Waals surface area contributed by atoms with E-state index in [0.717, 1.165) is 22.4 Å². The third-order valence-corrected chi connectivity index (χ3v) is 2.79. The van der Waals surface area contributed by atoms with Gasteiger partial charge in [-0.2, -0.15) is 0 Å². The van der Waals surface area contributed by atoms with Crippen molar-refractivity contribution in [2.75, 3.05) is 5.73 Å². The van der Waals surface area contributed by atoms with Crippen LogP contribution in [0.4, 0.5) is 5.69 Å². The molecule has 0 unspecified atom stereocenters. The average Bonchev–Trinajstić information content (AvgIpc) is 2.32. The maximum atomic E-state index is 12.1. The van der Waals surface area contributed by atoms with Crippen LogP contribution in [-0.2, 0) is 6.42 Å². The van der Waals surface area contributed by atoms with Crippen LogP contribution in [0.3, 0.4) is 0 Å². The molecule has 2 aromatic rings. The van der Waals surface area contributed by atoms with Gasteiger partial charge in [-0.1, -0.05) is 36.4 Å². The van der Waals surface area contributed by atoms with Crippen LogP contribution in [0.2, 0.25) is 0 Å². The second kappa shape index (κ2) is 4.83. The molecule has 0 amide bonds. The van der Waals surface area contributed by atoms with Gasteiger partial charge in [-0.15, -0.1) is 0 Å². The molecule has 0 aliphatic rings. The average molecular weight is 225 g/mol. The fraction of sp³-hybridized carbons (Fsp3) is 0.133. The summed E-state index contributed by atoms with van der Waals surface area (Å²) >= 11 is 0. The summed E-state index contributed by atoms with van der Waals surface area (Å²) in [5, 5.41) is 0. The van der Waals surface area contributed by atoms with Crippen LogP contribution in [-0.4, -0.2) is 5.78 Å². The van der Waals surface area contributed by atoms with Crippen LogP contribution < -0.4 is 5.73 Å². The number of Topliss-reactive ketones (excluding diaryl/α,β-unsaturated/α-hetero) is 1. The number of anilines is 1. The van der Waals surface area contributed by atoms with Crippen LogP contribution in [0.25, 0.3) is 0 Å². The van der Waals surface area contributed by atoms with E-state index >= 15 is 0 Å². The molecule has 0 aliphatic heterocycles. The Bertz CT molecular complexity index is 529. The summed E-state index contributed by atoms with van der Waals surface area (Å²) < 4.78 is 0. The van der Waals surface area contributed by atoms with Gasteiger partial charge >= 0.3 is 0 Å².